The maximum atomic E-state index is 12.8. The van der Waals surface area contributed by atoms with Gasteiger partial charge >= 0.3 is 0 Å². The Kier molecular flexibility index (Phi) is 3.97. The van der Waals surface area contributed by atoms with Gasteiger partial charge in [0.25, 0.3) is 0 Å². The van der Waals surface area contributed by atoms with Gasteiger partial charge in [0.05, 0.1) is 5.56 Å². The number of aromatic hydroxyl groups is 1. The largest absolute Gasteiger partial charge is 0.507 e. The van der Waals surface area contributed by atoms with Gasteiger partial charge in [0.15, 0.2) is 5.78 Å². The Hall–Kier alpha value is -2.13. The van der Waals surface area contributed by atoms with E-state index in [1.165, 1.54) is 12.1 Å². The smallest absolute Gasteiger partial charge is 0.189 e. The Morgan fingerprint density at radius 3 is 2.47 bits per heavy atom. The number of carbonyl (C=O) groups is 1. The molecule has 0 aliphatic heterocycles. The van der Waals surface area contributed by atoms with Crippen molar-refractivity contribution in [2.75, 3.05) is 0 Å². The fourth-order valence-electron chi connectivity index (χ4n) is 1.55. The van der Waals surface area contributed by atoms with Crippen molar-refractivity contribution in [2.24, 2.45) is 0 Å². The SMILES string of the molecule is O=C(/C=C/c1ccc(Cl)cc1)c1ccc(F)cc1O. The molecule has 2 nitrogen and oxygen atoms in total. The summed E-state index contributed by atoms with van der Waals surface area (Å²) in [5, 5.41) is 10.1. The lowest BCUT2D eigenvalue weighted by atomic mass is 10.1. The first-order chi connectivity index (χ1) is 9.06. The molecule has 0 aliphatic rings. The van der Waals surface area contributed by atoms with E-state index >= 15 is 0 Å². The summed E-state index contributed by atoms with van der Waals surface area (Å²) in [5.74, 6) is -1.35. The summed E-state index contributed by atoms with van der Waals surface area (Å²) in [5.41, 5.74) is 0.867. The van der Waals surface area contributed by atoms with Crippen LogP contribution in [0.15, 0.2) is 48.5 Å². The van der Waals surface area contributed by atoms with Crippen molar-refractivity contribution in [3.8, 4) is 5.75 Å². The zero-order valence-corrected chi connectivity index (χ0v) is 10.6. The maximum Gasteiger partial charge on any atom is 0.189 e. The van der Waals surface area contributed by atoms with Crippen molar-refractivity contribution in [3.63, 3.8) is 0 Å². The first-order valence-corrected chi connectivity index (χ1v) is 5.90. The Bertz CT molecular complexity index is 633. The molecule has 0 bridgehead atoms. The van der Waals surface area contributed by atoms with Crippen LogP contribution in [-0.4, -0.2) is 10.9 Å². The van der Waals surface area contributed by atoms with Crippen LogP contribution in [0.25, 0.3) is 6.08 Å². The van der Waals surface area contributed by atoms with Gasteiger partial charge in [-0.25, -0.2) is 4.39 Å². The second-order valence-corrected chi connectivity index (χ2v) is 4.35. The van der Waals surface area contributed by atoms with Crippen LogP contribution in [-0.2, 0) is 0 Å². The Balaban J connectivity index is 2.18. The molecule has 0 saturated heterocycles. The van der Waals surface area contributed by atoms with Crippen LogP contribution in [0.1, 0.15) is 15.9 Å². The maximum absolute atomic E-state index is 12.8. The lowest BCUT2D eigenvalue weighted by Crippen LogP contribution is -1.95. The summed E-state index contributed by atoms with van der Waals surface area (Å²) < 4.78 is 12.8. The van der Waals surface area contributed by atoms with E-state index in [1.54, 1.807) is 30.3 Å². The minimum atomic E-state index is -0.587. The number of hydrogen-bond donors (Lipinski definition) is 1. The summed E-state index contributed by atoms with van der Waals surface area (Å²) in [6, 6.07) is 10.2. The zero-order valence-electron chi connectivity index (χ0n) is 9.81. The van der Waals surface area contributed by atoms with E-state index in [2.05, 4.69) is 0 Å². The standard InChI is InChI=1S/C15H10ClFO2/c16-11-4-1-10(2-5-11)3-8-14(18)13-7-6-12(17)9-15(13)19/h1-9,19H/b8-3+. The van der Waals surface area contributed by atoms with Gasteiger partial charge in [0, 0.05) is 11.1 Å². The molecular weight excluding hydrogens is 267 g/mol. The highest BCUT2D eigenvalue weighted by Gasteiger charge is 2.08. The average Bonchev–Trinajstić information content (AvgIpc) is 2.37. The minimum Gasteiger partial charge on any atom is -0.507 e. The van der Waals surface area contributed by atoms with Crippen molar-refractivity contribution in [1.29, 1.82) is 0 Å². The summed E-state index contributed by atoms with van der Waals surface area (Å²) in [6.45, 7) is 0. The van der Waals surface area contributed by atoms with Crippen LogP contribution < -0.4 is 0 Å². The molecule has 0 radical (unpaired) electrons. The highest BCUT2D eigenvalue weighted by molar-refractivity contribution is 6.30. The van der Waals surface area contributed by atoms with Gasteiger partial charge in [-0.05, 0) is 35.9 Å². The molecule has 0 atom stereocenters. The number of rotatable bonds is 3. The molecule has 0 saturated carbocycles. The third-order valence-electron chi connectivity index (χ3n) is 2.52. The highest BCUT2D eigenvalue weighted by atomic mass is 35.5. The molecule has 0 aliphatic carbocycles. The molecule has 2 rings (SSSR count). The molecule has 0 unspecified atom stereocenters. The van der Waals surface area contributed by atoms with Crippen molar-refractivity contribution >= 4 is 23.5 Å². The first kappa shape index (κ1) is 13.3. The molecule has 96 valence electrons. The number of ketones is 1. The molecule has 0 amide bonds. The zero-order chi connectivity index (χ0) is 13.8. The van der Waals surface area contributed by atoms with E-state index < -0.39 is 11.6 Å². The third kappa shape index (κ3) is 3.42. The Morgan fingerprint density at radius 2 is 1.84 bits per heavy atom. The number of benzene rings is 2. The fourth-order valence-corrected chi connectivity index (χ4v) is 1.67. The van der Waals surface area contributed by atoms with Crippen LogP contribution in [0, 0.1) is 5.82 Å². The molecule has 0 spiro atoms. The molecule has 1 N–H and O–H groups in total. The Morgan fingerprint density at radius 1 is 1.16 bits per heavy atom. The average molecular weight is 277 g/mol. The van der Waals surface area contributed by atoms with Crippen molar-refractivity contribution in [1.82, 2.24) is 0 Å². The van der Waals surface area contributed by atoms with Crippen LogP contribution in [0.3, 0.4) is 0 Å². The molecule has 2 aromatic carbocycles. The van der Waals surface area contributed by atoms with E-state index in [4.69, 9.17) is 11.6 Å². The summed E-state index contributed by atoms with van der Waals surface area (Å²) in [6.07, 6.45) is 2.91. The number of carbonyl (C=O) groups excluding carboxylic acids is 1. The lowest BCUT2D eigenvalue weighted by Gasteiger charge is -2.00. The van der Waals surface area contributed by atoms with Crippen molar-refractivity contribution in [2.45, 2.75) is 0 Å². The molecule has 0 aromatic heterocycles. The number of hydrogen-bond acceptors (Lipinski definition) is 2. The van der Waals surface area contributed by atoms with Crippen LogP contribution in [0.4, 0.5) is 4.39 Å². The summed E-state index contributed by atoms with van der Waals surface area (Å²) >= 11 is 5.75. The van der Waals surface area contributed by atoms with Crippen LogP contribution in [0.5, 0.6) is 5.75 Å². The first-order valence-electron chi connectivity index (χ1n) is 5.53. The van der Waals surface area contributed by atoms with Crippen molar-refractivity contribution < 1.29 is 14.3 Å². The van der Waals surface area contributed by atoms with Gasteiger partial charge in [-0.1, -0.05) is 29.8 Å². The third-order valence-corrected chi connectivity index (χ3v) is 2.77. The van der Waals surface area contributed by atoms with Gasteiger partial charge in [0.2, 0.25) is 0 Å². The monoisotopic (exact) mass is 276 g/mol. The number of phenolic OH excluding ortho intramolecular Hbond substituents is 1. The van der Waals surface area contributed by atoms with Crippen molar-refractivity contribution in [3.05, 3.63) is 70.5 Å². The molecule has 19 heavy (non-hydrogen) atoms. The van der Waals surface area contributed by atoms with E-state index in [0.717, 1.165) is 17.7 Å². The van der Waals surface area contributed by atoms with Gasteiger partial charge in [-0.15, -0.1) is 0 Å². The summed E-state index contributed by atoms with van der Waals surface area (Å²) in [4.78, 5) is 11.8. The predicted octanol–water partition coefficient (Wildman–Crippen LogP) is 4.08. The van der Waals surface area contributed by atoms with Gasteiger partial charge in [-0.2, -0.15) is 0 Å². The molecule has 0 fully saturated rings. The van der Waals surface area contributed by atoms with E-state index in [1.807, 2.05) is 0 Å². The number of halogens is 2. The topological polar surface area (TPSA) is 37.3 Å². The predicted molar refractivity (Wildman–Crippen MR) is 72.9 cm³/mol. The van der Waals surface area contributed by atoms with Gasteiger partial charge < -0.3 is 5.11 Å². The molecule has 4 heteroatoms. The van der Waals surface area contributed by atoms with Gasteiger partial charge in [0.1, 0.15) is 11.6 Å². The Labute approximate surface area is 114 Å². The van der Waals surface area contributed by atoms with E-state index in [0.29, 0.717) is 5.02 Å². The lowest BCUT2D eigenvalue weighted by molar-refractivity contribution is 0.104. The normalized spacial score (nSPS) is 10.8. The molecule has 0 heterocycles. The highest BCUT2D eigenvalue weighted by Crippen LogP contribution is 2.19. The van der Waals surface area contributed by atoms with E-state index in [-0.39, 0.29) is 11.3 Å². The number of allylic oxidation sites excluding steroid dienone is 1. The second-order valence-electron chi connectivity index (χ2n) is 3.91. The molecule has 2 aromatic rings. The second kappa shape index (κ2) is 5.67. The number of phenols is 1. The quantitative estimate of drug-likeness (QED) is 0.677. The summed E-state index contributed by atoms with van der Waals surface area (Å²) in [7, 11) is 0. The van der Waals surface area contributed by atoms with Crippen LogP contribution >= 0.6 is 11.6 Å². The van der Waals surface area contributed by atoms with Gasteiger partial charge in [-0.3, -0.25) is 4.79 Å². The molecular formula is C15H10ClFO2. The van der Waals surface area contributed by atoms with Crippen LogP contribution in [0.2, 0.25) is 5.02 Å². The minimum absolute atomic E-state index is 0.0617. The fraction of sp³-hybridized carbons (Fsp3) is 0. The van der Waals surface area contributed by atoms with E-state index in [9.17, 15) is 14.3 Å².